The quantitative estimate of drug-likeness (QED) is 0.690. The third-order valence-electron chi connectivity index (χ3n) is 3.66. The van der Waals surface area contributed by atoms with E-state index in [0.29, 0.717) is 17.2 Å². The fraction of sp³-hybridized carbons (Fsp3) is 0.333. The molecule has 0 atom stereocenters. The fourth-order valence-electron chi connectivity index (χ4n) is 2.56. The number of hydrogen-bond donors (Lipinski definition) is 2. The van der Waals surface area contributed by atoms with Crippen LogP contribution in [0.15, 0.2) is 36.7 Å². The van der Waals surface area contributed by atoms with Crippen molar-refractivity contribution in [3.05, 3.63) is 47.8 Å². The zero-order chi connectivity index (χ0) is 20.5. The second-order valence-electron chi connectivity index (χ2n) is 7.08. The van der Waals surface area contributed by atoms with Crippen molar-refractivity contribution in [2.45, 2.75) is 39.1 Å². The molecule has 148 valence electrons. The van der Waals surface area contributed by atoms with Crippen molar-refractivity contribution in [2.24, 2.45) is 0 Å². The third-order valence-corrected chi connectivity index (χ3v) is 3.66. The number of nitrogens with one attached hydrogen (secondary N) is 1. The summed E-state index contributed by atoms with van der Waals surface area (Å²) in [6.45, 7) is 5.40. The lowest BCUT2D eigenvalue weighted by molar-refractivity contribution is -0.137. The van der Waals surface area contributed by atoms with Gasteiger partial charge in [-0.3, -0.25) is 0 Å². The molecule has 0 unspecified atom stereocenters. The van der Waals surface area contributed by atoms with Gasteiger partial charge in [-0.2, -0.15) is 13.2 Å². The molecule has 0 aliphatic carbocycles. The van der Waals surface area contributed by atoms with E-state index in [1.807, 2.05) is 6.92 Å². The molecule has 3 aromatic heterocycles. The minimum Gasteiger partial charge on any atom is -0.389 e. The van der Waals surface area contributed by atoms with Gasteiger partial charge >= 0.3 is 6.18 Å². The molecule has 0 radical (unpaired) electrons. The van der Waals surface area contributed by atoms with Crippen molar-refractivity contribution < 1.29 is 18.3 Å². The first-order valence-electron chi connectivity index (χ1n) is 8.41. The summed E-state index contributed by atoms with van der Waals surface area (Å²) < 4.78 is 40.1. The average molecular weight is 392 g/mol. The Morgan fingerprint density at radius 3 is 2.54 bits per heavy atom. The molecule has 10 heteroatoms. The molecule has 3 heterocycles. The molecule has 0 spiro atoms. The summed E-state index contributed by atoms with van der Waals surface area (Å²) in [5.41, 5.74) is 0.0563. The van der Waals surface area contributed by atoms with Crippen LogP contribution >= 0.6 is 0 Å². The van der Waals surface area contributed by atoms with Gasteiger partial charge in [0.05, 0.1) is 29.6 Å². The highest BCUT2D eigenvalue weighted by Gasteiger charge is 2.30. The summed E-state index contributed by atoms with van der Waals surface area (Å²) in [4.78, 5) is 8.30. The molecule has 0 bridgehead atoms. The lowest BCUT2D eigenvalue weighted by Gasteiger charge is -2.15. The van der Waals surface area contributed by atoms with Gasteiger partial charge in [-0.25, -0.2) is 14.6 Å². The number of nitrogens with zero attached hydrogens (tertiary/aromatic N) is 5. The molecule has 0 aliphatic heterocycles. The van der Waals surface area contributed by atoms with E-state index in [4.69, 9.17) is 0 Å². The Hall–Kier alpha value is -3.01. The van der Waals surface area contributed by atoms with E-state index in [-0.39, 0.29) is 12.4 Å². The molecular weight excluding hydrogens is 373 g/mol. The lowest BCUT2D eigenvalue weighted by Crippen LogP contribution is -2.26. The van der Waals surface area contributed by atoms with Gasteiger partial charge in [-0.05, 0) is 50.6 Å². The molecule has 7 nitrogen and oxygen atoms in total. The Labute approximate surface area is 159 Å². The number of aromatic nitrogens is 5. The largest absolute Gasteiger partial charge is 0.416 e. The highest BCUT2D eigenvalue weighted by molar-refractivity contribution is 5.61. The molecule has 0 fully saturated rings. The summed E-state index contributed by atoms with van der Waals surface area (Å²) in [7, 11) is 0. The normalized spacial score (nSPS) is 12.2. The van der Waals surface area contributed by atoms with E-state index in [1.54, 1.807) is 32.2 Å². The van der Waals surface area contributed by atoms with Crippen LogP contribution in [0.4, 0.5) is 24.8 Å². The monoisotopic (exact) mass is 392 g/mol. The second-order valence-corrected chi connectivity index (χ2v) is 7.08. The first-order valence-corrected chi connectivity index (χ1v) is 8.41. The Kier molecular flexibility index (Phi) is 5.07. The zero-order valence-corrected chi connectivity index (χ0v) is 15.5. The van der Waals surface area contributed by atoms with Gasteiger partial charge in [0.1, 0.15) is 17.3 Å². The summed E-state index contributed by atoms with van der Waals surface area (Å²) >= 11 is 0. The lowest BCUT2D eigenvalue weighted by atomic mass is 10.1. The molecule has 0 amide bonds. The van der Waals surface area contributed by atoms with Crippen molar-refractivity contribution in [1.82, 2.24) is 25.0 Å². The van der Waals surface area contributed by atoms with Crippen molar-refractivity contribution >= 4 is 11.6 Å². The van der Waals surface area contributed by atoms with Crippen LogP contribution in [0.3, 0.4) is 0 Å². The van der Waals surface area contributed by atoms with Gasteiger partial charge < -0.3 is 10.4 Å². The molecule has 2 N–H and O–H groups in total. The van der Waals surface area contributed by atoms with Crippen LogP contribution in [0, 0.1) is 6.92 Å². The highest BCUT2D eigenvalue weighted by Crippen LogP contribution is 2.30. The smallest absolute Gasteiger partial charge is 0.389 e. The molecule has 0 aliphatic rings. The SMILES string of the molecule is Cc1cc(Nc2cc(C(F)(F)F)ccn2)nc(-c2cn(CC(C)(C)O)nn2)c1. The molecule has 3 aromatic rings. The standard InChI is InChI=1S/C18H19F3N6O/c1-11-6-13(14-9-27(26-25-14)10-17(2,3)28)23-16(7-11)24-15-8-12(4-5-22-15)18(19,20)21/h4-9,28H,10H2,1-3H3,(H,22,23,24). The van der Waals surface area contributed by atoms with E-state index in [2.05, 4.69) is 25.6 Å². The van der Waals surface area contributed by atoms with Gasteiger partial charge in [0.15, 0.2) is 0 Å². The van der Waals surface area contributed by atoms with E-state index in [1.165, 1.54) is 4.68 Å². The third kappa shape index (κ3) is 5.03. The maximum atomic E-state index is 12.9. The zero-order valence-electron chi connectivity index (χ0n) is 15.5. The summed E-state index contributed by atoms with van der Waals surface area (Å²) in [6.07, 6.45) is -1.72. The van der Waals surface area contributed by atoms with E-state index < -0.39 is 17.3 Å². The van der Waals surface area contributed by atoms with Crippen LogP contribution in [0.1, 0.15) is 25.0 Å². The van der Waals surface area contributed by atoms with Crippen LogP contribution in [0.5, 0.6) is 0 Å². The Morgan fingerprint density at radius 1 is 1.11 bits per heavy atom. The summed E-state index contributed by atoms with van der Waals surface area (Å²) in [5.74, 6) is 0.364. The number of halogens is 3. The maximum absolute atomic E-state index is 12.9. The Morgan fingerprint density at radius 2 is 1.86 bits per heavy atom. The van der Waals surface area contributed by atoms with Gasteiger partial charge in [0.2, 0.25) is 0 Å². The van der Waals surface area contributed by atoms with Crippen LogP contribution < -0.4 is 5.32 Å². The first-order chi connectivity index (χ1) is 13.0. The number of hydrogen-bond acceptors (Lipinski definition) is 6. The van der Waals surface area contributed by atoms with Gasteiger partial charge in [-0.15, -0.1) is 5.10 Å². The van der Waals surface area contributed by atoms with Gasteiger partial charge in [0, 0.05) is 6.20 Å². The number of pyridine rings is 2. The van der Waals surface area contributed by atoms with Crippen LogP contribution in [-0.4, -0.2) is 35.7 Å². The minimum absolute atomic E-state index is 0.0320. The molecule has 0 saturated heterocycles. The minimum atomic E-state index is -4.45. The Bertz CT molecular complexity index is 978. The Balaban J connectivity index is 1.87. The second kappa shape index (κ2) is 7.19. The highest BCUT2D eigenvalue weighted by atomic mass is 19.4. The van der Waals surface area contributed by atoms with Crippen LogP contribution in [-0.2, 0) is 12.7 Å². The van der Waals surface area contributed by atoms with E-state index in [9.17, 15) is 18.3 Å². The van der Waals surface area contributed by atoms with Crippen molar-refractivity contribution in [2.75, 3.05) is 5.32 Å². The number of aryl methyl sites for hydroxylation is 1. The van der Waals surface area contributed by atoms with Crippen LogP contribution in [0.2, 0.25) is 0 Å². The first kappa shape index (κ1) is 19.7. The van der Waals surface area contributed by atoms with Gasteiger partial charge in [-0.1, -0.05) is 5.21 Å². The van der Waals surface area contributed by atoms with Crippen molar-refractivity contribution in [1.29, 1.82) is 0 Å². The summed E-state index contributed by atoms with van der Waals surface area (Å²) in [5, 5.41) is 20.7. The number of rotatable bonds is 5. The fourth-order valence-corrected chi connectivity index (χ4v) is 2.56. The number of alkyl halides is 3. The van der Waals surface area contributed by atoms with Crippen molar-refractivity contribution in [3.63, 3.8) is 0 Å². The predicted molar refractivity (Wildman–Crippen MR) is 96.8 cm³/mol. The van der Waals surface area contributed by atoms with Crippen molar-refractivity contribution in [3.8, 4) is 11.4 Å². The molecular formula is C18H19F3N6O. The topological polar surface area (TPSA) is 88.8 Å². The molecule has 0 aromatic carbocycles. The van der Waals surface area contributed by atoms with E-state index >= 15 is 0 Å². The number of anilines is 2. The molecule has 3 rings (SSSR count). The van der Waals surface area contributed by atoms with Crippen LogP contribution in [0.25, 0.3) is 11.4 Å². The molecule has 0 saturated carbocycles. The average Bonchev–Trinajstić information content (AvgIpc) is 3.00. The maximum Gasteiger partial charge on any atom is 0.416 e. The number of aliphatic hydroxyl groups is 1. The van der Waals surface area contributed by atoms with E-state index in [0.717, 1.165) is 23.9 Å². The summed E-state index contributed by atoms with van der Waals surface area (Å²) in [6, 6.07) is 5.29. The predicted octanol–water partition coefficient (Wildman–Crippen LogP) is 3.58. The van der Waals surface area contributed by atoms with Gasteiger partial charge in [0.25, 0.3) is 0 Å². The molecule has 28 heavy (non-hydrogen) atoms.